The van der Waals surface area contributed by atoms with Crippen LogP contribution in [0.25, 0.3) is 0 Å². The number of carboxylic acid groups (broad SMARTS) is 1. The van der Waals surface area contributed by atoms with Crippen molar-refractivity contribution in [2.45, 2.75) is 52.1 Å². The molecular weight excluding hydrogens is 354 g/mol. The molecule has 1 amide bonds. The summed E-state index contributed by atoms with van der Waals surface area (Å²) in [5, 5.41) is 12.7. The average Bonchev–Trinajstić information content (AvgIpc) is 3.14. The van der Waals surface area contributed by atoms with E-state index in [2.05, 4.69) is 5.32 Å². The summed E-state index contributed by atoms with van der Waals surface area (Å²) in [6, 6.07) is 0. The van der Waals surface area contributed by atoms with Gasteiger partial charge < -0.3 is 15.2 Å². The van der Waals surface area contributed by atoms with Crippen LogP contribution < -0.4 is 5.32 Å². The smallest absolute Gasteiger partial charge is 0.341 e. The Balaban J connectivity index is 1.85. The van der Waals surface area contributed by atoms with Gasteiger partial charge in [-0.1, -0.05) is 12.2 Å². The topological polar surface area (TPSA) is 92.7 Å². The molecule has 1 aromatic rings. The summed E-state index contributed by atoms with van der Waals surface area (Å²) >= 11 is 1.41. The molecule has 140 valence electrons. The second-order valence-corrected chi connectivity index (χ2v) is 8.10. The molecular formula is C19H23NO5S. The fourth-order valence-electron chi connectivity index (χ4n) is 3.56. The molecule has 0 spiro atoms. The van der Waals surface area contributed by atoms with E-state index in [9.17, 15) is 19.5 Å². The van der Waals surface area contributed by atoms with Gasteiger partial charge in [-0.2, -0.15) is 0 Å². The second-order valence-electron chi connectivity index (χ2n) is 7.00. The highest BCUT2D eigenvalue weighted by Gasteiger charge is 2.36. The van der Waals surface area contributed by atoms with Gasteiger partial charge in [0.15, 0.2) is 0 Å². The number of carbonyl (C=O) groups excluding carboxylic acids is 2. The number of ether oxygens (including phenoxy) is 1. The van der Waals surface area contributed by atoms with Crippen LogP contribution in [-0.4, -0.2) is 29.1 Å². The molecule has 6 nitrogen and oxygen atoms in total. The van der Waals surface area contributed by atoms with Gasteiger partial charge in [-0.25, -0.2) is 4.79 Å². The fraction of sp³-hybridized carbons (Fsp3) is 0.526. The second kappa shape index (κ2) is 7.61. The number of amides is 1. The first kappa shape index (κ1) is 18.6. The van der Waals surface area contributed by atoms with Crippen molar-refractivity contribution >= 4 is 34.2 Å². The number of fused-ring (bicyclic) bond motifs is 1. The minimum absolute atomic E-state index is 0.247. The minimum atomic E-state index is -0.970. The maximum Gasteiger partial charge on any atom is 0.341 e. The highest BCUT2D eigenvalue weighted by Crippen LogP contribution is 2.40. The van der Waals surface area contributed by atoms with Gasteiger partial charge in [0.1, 0.15) is 5.00 Å². The molecule has 1 aromatic heterocycles. The van der Waals surface area contributed by atoms with Crippen LogP contribution in [0.1, 0.15) is 53.9 Å². The van der Waals surface area contributed by atoms with Crippen molar-refractivity contribution in [1.29, 1.82) is 0 Å². The Labute approximate surface area is 156 Å². The van der Waals surface area contributed by atoms with Crippen molar-refractivity contribution in [3.8, 4) is 0 Å². The summed E-state index contributed by atoms with van der Waals surface area (Å²) in [5.74, 6) is -3.11. The first-order valence-corrected chi connectivity index (χ1v) is 9.74. The number of anilines is 1. The van der Waals surface area contributed by atoms with Crippen molar-refractivity contribution in [3.63, 3.8) is 0 Å². The van der Waals surface area contributed by atoms with E-state index in [4.69, 9.17) is 4.74 Å². The molecule has 2 aliphatic carbocycles. The number of carbonyl (C=O) groups is 3. The average molecular weight is 377 g/mol. The third kappa shape index (κ3) is 3.67. The number of carboxylic acids is 1. The molecule has 2 atom stereocenters. The summed E-state index contributed by atoms with van der Waals surface area (Å²) in [5.41, 5.74) is 1.41. The van der Waals surface area contributed by atoms with Gasteiger partial charge in [-0.3, -0.25) is 9.59 Å². The van der Waals surface area contributed by atoms with Gasteiger partial charge in [0.25, 0.3) is 0 Å². The summed E-state index contributed by atoms with van der Waals surface area (Å²) in [6.07, 6.45) is 6.81. The van der Waals surface area contributed by atoms with Crippen LogP contribution in [0, 0.1) is 11.8 Å². The summed E-state index contributed by atoms with van der Waals surface area (Å²) in [7, 11) is 0. The van der Waals surface area contributed by atoms with Crippen LogP contribution in [0.4, 0.5) is 5.00 Å². The predicted octanol–water partition coefficient (Wildman–Crippen LogP) is 3.41. The SMILES string of the molecule is CC(C)OC(=O)c1c(NC(=O)[C@H]2CC=CC[C@H]2C(=O)O)sc2c1CCC2. The van der Waals surface area contributed by atoms with Crippen LogP contribution >= 0.6 is 11.3 Å². The summed E-state index contributed by atoms with van der Waals surface area (Å²) in [6.45, 7) is 3.57. The molecule has 0 aliphatic heterocycles. The van der Waals surface area contributed by atoms with Crippen LogP contribution in [-0.2, 0) is 27.2 Å². The van der Waals surface area contributed by atoms with Crippen molar-refractivity contribution in [2.24, 2.45) is 11.8 Å². The normalized spacial score (nSPS) is 21.5. The molecule has 2 aliphatic rings. The first-order valence-electron chi connectivity index (χ1n) is 8.92. The highest BCUT2D eigenvalue weighted by atomic mass is 32.1. The van der Waals surface area contributed by atoms with Crippen molar-refractivity contribution < 1.29 is 24.2 Å². The summed E-state index contributed by atoms with van der Waals surface area (Å²) in [4.78, 5) is 37.9. The number of thiophene rings is 1. The van der Waals surface area contributed by atoms with Crippen molar-refractivity contribution in [3.05, 3.63) is 28.2 Å². The van der Waals surface area contributed by atoms with E-state index in [1.165, 1.54) is 11.3 Å². The lowest BCUT2D eigenvalue weighted by Gasteiger charge is -2.24. The molecule has 0 bridgehead atoms. The van der Waals surface area contributed by atoms with Crippen LogP contribution in [0.3, 0.4) is 0 Å². The van der Waals surface area contributed by atoms with Gasteiger partial charge in [-0.05, 0) is 51.5 Å². The minimum Gasteiger partial charge on any atom is -0.481 e. The maximum absolute atomic E-state index is 12.8. The number of rotatable bonds is 5. The van der Waals surface area contributed by atoms with E-state index >= 15 is 0 Å². The number of hydrogen-bond acceptors (Lipinski definition) is 5. The summed E-state index contributed by atoms with van der Waals surface area (Å²) < 4.78 is 5.36. The van der Waals surface area contributed by atoms with Gasteiger partial charge in [0, 0.05) is 4.88 Å². The number of aliphatic carboxylic acids is 1. The Bertz CT molecular complexity index is 764. The number of esters is 1. The molecule has 3 rings (SSSR count). The van der Waals surface area contributed by atoms with E-state index in [0.29, 0.717) is 23.4 Å². The quantitative estimate of drug-likeness (QED) is 0.606. The van der Waals surface area contributed by atoms with Gasteiger partial charge in [0.2, 0.25) is 5.91 Å². The first-order chi connectivity index (χ1) is 12.4. The molecule has 1 heterocycles. The van der Waals surface area contributed by atoms with Crippen molar-refractivity contribution in [2.75, 3.05) is 5.32 Å². The standard InChI is InChI=1S/C19H23NO5S/c1-10(2)25-19(24)15-13-8-5-9-14(13)26-17(15)20-16(21)11-6-3-4-7-12(11)18(22)23/h3-4,10-12H,5-9H2,1-2H3,(H,20,21)(H,22,23)/t11-,12+/m0/s1. The molecule has 0 saturated carbocycles. The third-order valence-electron chi connectivity index (χ3n) is 4.79. The molecule has 2 N–H and O–H groups in total. The number of nitrogens with one attached hydrogen (secondary N) is 1. The molecule has 26 heavy (non-hydrogen) atoms. The number of hydrogen-bond donors (Lipinski definition) is 2. The van der Waals surface area contributed by atoms with Gasteiger partial charge in [0.05, 0.1) is 23.5 Å². The van der Waals surface area contributed by atoms with Gasteiger partial charge in [-0.15, -0.1) is 11.3 Å². The number of aryl methyl sites for hydroxylation is 1. The Kier molecular flexibility index (Phi) is 5.46. The largest absolute Gasteiger partial charge is 0.481 e. The third-order valence-corrected chi connectivity index (χ3v) is 6.00. The lowest BCUT2D eigenvalue weighted by molar-refractivity contribution is -0.146. The Hall–Kier alpha value is -2.15. The van der Waals surface area contributed by atoms with E-state index in [1.54, 1.807) is 19.9 Å². The fourth-order valence-corrected chi connectivity index (χ4v) is 4.84. The molecule has 0 aromatic carbocycles. The molecule has 0 saturated heterocycles. The van der Waals surface area contributed by atoms with Crippen LogP contribution in [0.15, 0.2) is 12.2 Å². The lowest BCUT2D eigenvalue weighted by atomic mass is 9.82. The Morgan fingerprint density at radius 2 is 1.88 bits per heavy atom. The van der Waals surface area contributed by atoms with E-state index < -0.39 is 23.8 Å². The zero-order valence-corrected chi connectivity index (χ0v) is 15.7. The monoisotopic (exact) mass is 377 g/mol. The molecule has 7 heteroatoms. The predicted molar refractivity (Wildman–Crippen MR) is 98.5 cm³/mol. The van der Waals surface area contributed by atoms with Crippen LogP contribution in [0.5, 0.6) is 0 Å². The number of allylic oxidation sites excluding steroid dienone is 2. The zero-order valence-electron chi connectivity index (χ0n) is 14.9. The van der Waals surface area contributed by atoms with Crippen molar-refractivity contribution in [1.82, 2.24) is 0 Å². The lowest BCUT2D eigenvalue weighted by Crippen LogP contribution is -2.34. The Morgan fingerprint density at radius 1 is 1.19 bits per heavy atom. The van der Waals surface area contributed by atoms with E-state index in [1.807, 2.05) is 6.08 Å². The van der Waals surface area contributed by atoms with Crippen LogP contribution in [0.2, 0.25) is 0 Å². The molecule has 0 unspecified atom stereocenters. The highest BCUT2D eigenvalue weighted by molar-refractivity contribution is 7.17. The van der Waals surface area contributed by atoms with E-state index in [-0.39, 0.29) is 12.0 Å². The van der Waals surface area contributed by atoms with E-state index in [0.717, 1.165) is 29.7 Å². The zero-order chi connectivity index (χ0) is 18.8. The Morgan fingerprint density at radius 3 is 2.54 bits per heavy atom. The van der Waals surface area contributed by atoms with Gasteiger partial charge >= 0.3 is 11.9 Å². The maximum atomic E-state index is 12.8. The molecule has 0 fully saturated rings. The molecule has 0 radical (unpaired) electrons.